The van der Waals surface area contributed by atoms with Crippen LogP contribution in [-0.4, -0.2) is 17.4 Å². The van der Waals surface area contributed by atoms with Gasteiger partial charge in [-0.3, -0.25) is 4.31 Å². The van der Waals surface area contributed by atoms with Gasteiger partial charge in [-0.05, 0) is 29.2 Å². The summed E-state index contributed by atoms with van der Waals surface area (Å²) in [7, 11) is 0. The zero-order valence-corrected chi connectivity index (χ0v) is 11.5. The normalized spacial score (nSPS) is 17.1. The van der Waals surface area contributed by atoms with E-state index in [2.05, 4.69) is 46.8 Å². The van der Waals surface area contributed by atoms with E-state index in [4.69, 9.17) is 0 Å². The molecule has 1 nitrogen and oxygen atoms in total. The molecule has 0 radical (unpaired) electrons. The molecule has 1 aliphatic heterocycles. The molecule has 1 aliphatic rings. The second kappa shape index (κ2) is 5.77. The standard InChI is InChI=1S/C16H19NS/c1-4-10-17(11-5-1)18-13-14-8-9-15-6-2-3-7-16(15)12-14/h2-3,6-9,12H,1,4-5,10-11,13H2. The van der Waals surface area contributed by atoms with Gasteiger partial charge in [-0.15, -0.1) is 0 Å². The Kier molecular flexibility index (Phi) is 3.87. The molecule has 3 rings (SSSR count). The van der Waals surface area contributed by atoms with Crippen LogP contribution in [0.5, 0.6) is 0 Å². The quantitative estimate of drug-likeness (QED) is 0.746. The third-order valence-electron chi connectivity index (χ3n) is 3.54. The first-order valence-corrected chi connectivity index (χ1v) is 7.72. The van der Waals surface area contributed by atoms with Crippen LogP contribution < -0.4 is 0 Å². The number of hydrogen-bond acceptors (Lipinski definition) is 2. The fourth-order valence-corrected chi connectivity index (χ4v) is 3.52. The van der Waals surface area contributed by atoms with Gasteiger partial charge in [-0.2, -0.15) is 0 Å². The maximum atomic E-state index is 2.53. The third kappa shape index (κ3) is 2.88. The van der Waals surface area contributed by atoms with E-state index in [1.54, 1.807) is 0 Å². The molecule has 0 unspecified atom stereocenters. The molecule has 2 aromatic carbocycles. The Morgan fingerprint density at radius 3 is 2.50 bits per heavy atom. The summed E-state index contributed by atoms with van der Waals surface area (Å²) < 4.78 is 2.53. The summed E-state index contributed by atoms with van der Waals surface area (Å²) in [5.41, 5.74) is 1.43. The minimum atomic E-state index is 1.10. The molecule has 1 saturated heterocycles. The van der Waals surface area contributed by atoms with Crippen molar-refractivity contribution in [3.05, 3.63) is 48.0 Å². The Balaban J connectivity index is 1.66. The first-order valence-electron chi connectivity index (χ1n) is 6.77. The summed E-state index contributed by atoms with van der Waals surface area (Å²) in [6.07, 6.45) is 4.14. The summed E-state index contributed by atoms with van der Waals surface area (Å²) in [5, 5.41) is 2.69. The van der Waals surface area contributed by atoms with Crippen molar-refractivity contribution in [1.29, 1.82) is 0 Å². The van der Waals surface area contributed by atoms with E-state index in [1.165, 1.54) is 48.7 Å². The first-order chi connectivity index (χ1) is 8.92. The van der Waals surface area contributed by atoms with Crippen LogP contribution in [0.15, 0.2) is 42.5 Å². The van der Waals surface area contributed by atoms with Gasteiger partial charge in [-0.25, -0.2) is 0 Å². The van der Waals surface area contributed by atoms with Crippen molar-refractivity contribution in [3.63, 3.8) is 0 Å². The van der Waals surface area contributed by atoms with Gasteiger partial charge in [0.1, 0.15) is 0 Å². The molecule has 0 amide bonds. The van der Waals surface area contributed by atoms with E-state index in [1.807, 2.05) is 11.9 Å². The number of rotatable bonds is 3. The predicted octanol–water partition coefficient (Wildman–Crippen LogP) is 4.47. The zero-order chi connectivity index (χ0) is 12.2. The Labute approximate surface area is 113 Å². The predicted molar refractivity (Wildman–Crippen MR) is 80.7 cm³/mol. The van der Waals surface area contributed by atoms with E-state index in [9.17, 15) is 0 Å². The number of piperidine rings is 1. The van der Waals surface area contributed by atoms with Gasteiger partial charge < -0.3 is 0 Å². The van der Waals surface area contributed by atoms with Gasteiger partial charge in [0.25, 0.3) is 0 Å². The fourth-order valence-electron chi connectivity index (χ4n) is 2.49. The van der Waals surface area contributed by atoms with Crippen LogP contribution in [0.1, 0.15) is 24.8 Å². The lowest BCUT2D eigenvalue weighted by atomic mass is 10.1. The summed E-state index contributed by atoms with van der Waals surface area (Å²) in [4.78, 5) is 0. The second-order valence-electron chi connectivity index (χ2n) is 4.94. The van der Waals surface area contributed by atoms with Crippen molar-refractivity contribution in [2.75, 3.05) is 13.1 Å². The largest absolute Gasteiger partial charge is 0.250 e. The minimum absolute atomic E-state index is 1.10. The fraction of sp³-hybridized carbons (Fsp3) is 0.375. The molecule has 2 heteroatoms. The number of hydrogen-bond donors (Lipinski definition) is 0. The monoisotopic (exact) mass is 257 g/mol. The average Bonchev–Trinajstić information content (AvgIpc) is 2.46. The third-order valence-corrected chi connectivity index (χ3v) is 4.74. The van der Waals surface area contributed by atoms with Gasteiger partial charge in [-0.1, -0.05) is 60.8 Å². The number of nitrogens with zero attached hydrogens (tertiary/aromatic N) is 1. The molecule has 0 N–H and O–H groups in total. The smallest absolute Gasteiger partial charge is 0.0332 e. The Morgan fingerprint density at radius 2 is 1.67 bits per heavy atom. The molecular formula is C16H19NS. The van der Waals surface area contributed by atoms with E-state index >= 15 is 0 Å². The molecule has 0 bridgehead atoms. The molecule has 0 saturated carbocycles. The van der Waals surface area contributed by atoms with Gasteiger partial charge in [0.05, 0.1) is 0 Å². The summed E-state index contributed by atoms with van der Waals surface area (Å²) in [6.45, 7) is 2.52. The highest BCUT2D eigenvalue weighted by atomic mass is 32.2. The van der Waals surface area contributed by atoms with Crippen LogP contribution >= 0.6 is 11.9 Å². The lowest BCUT2D eigenvalue weighted by Gasteiger charge is -2.25. The van der Waals surface area contributed by atoms with Gasteiger partial charge >= 0.3 is 0 Å². The summed E-state index contributed by atoms with van der Waals surface area (Å²) in [5.74, 6) is 1.10. The number of benzene rings is 2. The first kappa shape index (κ1) is 12.1. The van der Waals surface area contributed by atoms with Crippen molar-refractivity contribution < 1.29 is 0 Å². The molecule has 0 spiro atoms. The average molecular weight is 257 g/mol. The Morgan fingerprint density at radius 1 is 0.889 bits per heavy atom. The maximum Gasteiger partial charge on any atom is 0.0332 e. The van der Waals surface area contributed by atoms with E-state index in [0.717, 1.165) is 5.75 Å². The van der Waals surface area contributed by atoms with Crippen molar-refractivity contribution in [2.24, 2.45) is 0 Å². The van der Waals surface area contributed by atoms with E-state index < -0.39 is 0 Å². The van der Waals surface area contributed by atoms with Gasteiger partial charge in [0.2, 0.25) is 0 Å². The van der Waals surface area contributed by atoms with Crippen LogP contribution in [0.3, 0.4) is 0 Å². The van der Waals surface area contributed by atoms with Crippen LogP contribution in [0, 0.1) is 0 Å². The lowest BCUT2D eigenvalue weighted by Crippen LogP contribution is -2.23. The van der Waals surface area contributed by atoms with Crippen LogP contribution in [-0.2, 0) is 5.75 Å². The van der Waals surface area contributed by atoms with Crippen LogP contribution in [0.4, 0.5) is 0 Å². The van der Waals surface area contributed by atoms with Gasteiger partial charge in [0.15, 0.2) is 0 Å². The van der Waals surface area contributed by atoms with Crippen molar-refractivity contribution in [1.82, 2.24) is 4.31 Å². The SMILES string of the molecule is c1ccc2cc(CSN3CCCCC3)ccc2c1. The molecule has 2 aromatic rings. The van der Waals surface area contributed by atoms with Crippen molar-refractivity contribution in [2.45, 2.75) is 25.0 Å². The molecule has 0 atom stereocenters. The Bertz CT molecular complexity index is 517. The molecule has 1 heterocycles. The van der Waals surface area contributed by atoms with Crippen molar-refractivity contribution >= 4 is 22.7 Å². The molecule has 0 aliphatic carbocycles. The van der Waals surface area contributed by atoms with E-state index in [0.29, 0.717) is 0 Å². The maximum absolute atomic E-state index is 2.53. The lowest BCUT2D eigenvalue weighted by molar-refractivity contribution is 0.380. The topological polar surface area (TPSA) is 3.24 Å². The summed E-state index contributed by atoms with van der Waals surface area (Å²) in [6, 6.07) is 15.4. The Hall–Kier alpha value is -0.990. The zero-order valence-electron chi connectivity index (χ0n) is 10.6. The van der Waals surface area contributed by atoms with Gasteiger partial charge in [0, 0.05) is 18.8 Å². The van der Waals surface area contributed by atoms with E-state index in [-0.39, 0.29) is 0 Å². The summed E-state index contributed by atoms with van der Waals surface area (Å²) >= 11 is 1.99. The molecular weight excluding hydrogens is 238 g/mol. The molecule has 18 heavy (non-hydrogen) atoms. The highest BCUT2D eigenvalue weighted by Crippen LogP contribution is 2.24. The van der Waals surface area contributed by atoms with Crippen LogP contribution in [0.25, 0.3) is 10.8 Å². The van der Waals surface area contributed by atoms with Crippen LogP contribution in [0.2, 0.25) is 0 Å². The molecule has 0 aromatic heterocycles. The molecule has 94 valence electrons. The van der Waals surface area contributed by atoms with Crippen molar-refractivity contribution in [3.8, 4) is 0 Å². The second-order valence-corrected chi connectivity index (χ2v) is 6.01. The highest BCUT2D eigenvalue weighted by Gasteiger charge is 2.10. The minimum Gasteiger partial charge on any atom is -0.250 e. The highest BCUT2D eigenvalue weighted by molar-refractivity contribution is 7.96. The number of fused-ring (bicyclic) bond motifs is 1. The molecule has 1 fully saturated rings.